The SMILES string of the molecule is CCCCCC/C=C\C/C=C\CCCCCCCC(=O)OCCCCCC/C=C\CCCC(=O)NC(CO)C(O)/C=C/CCCCCCCCCCCCCCCCCCCCCCC. The van der Waals surface area contributed by atoms with Crippen molar-refractivity contribution in [3.05, 3.63) is 48.6 Å². The summed E-state index contributed by atoms with van der Waals surface area (Å²) in [7, 11) is 0. The molecular formula is C59H109NO5. The number of hydrogen-bond donors (Lipinski definition) is 3. The number of carbonyl (C=O) groups is 2. The van der Waals surface area contributed by atoms with Crippen molar-refractivity contribution in [1.29, 1.82) is 0 Å². The number of aliphatic hydroxyl groups is 2. The van der Waals surface area contributed by atoms with E-state index in [0.717, 1.165) is 83.5 Å². The molecule has 0 fully saturated rings. The summed E-state index contributed by atoms with van der Waals surface area (Å²) in [5, 5.41) is 23.1. The van der Waals surface area contributed by atoms with E-state index in [2.05, 4.69) is 55.6 Å². The van der Waals surface area contributed by atoms with Gasteiger partial charge in [0.05, 0.1) is 25.4 Å². The Balaban J connectivity index is 3.58. The molecule has 2 unspecified atom stereocenters. The third-order valence-corrected chi connectivity index (χ3v) is 12.8. The Morgan fingerprint density at radius 2 is 0.785 bits per heavy atom. The molecule has 0 aromatic carbocycles. The highest BCUT2D eigenvalue weighted by Crippen LogP contribution is 2.16. The van der Waals surface area contributed by atoms with E-state index < -0.39 is 12.1 Å². The molecule has 1 amide bonds. The molecule has 0 rings (SSSR count). The third-order valence-electron chi connectivity index (χ3n) is 12.8. The van der Waals surface area contributed by atoms with Gasteiger partial charge in [0, 0.05) is 12.8 Å². The second-order valence-corrected chi connectivity index (χ2v) is 19.3. The number of esters is 1. The maximum absolute atomic E-state index is 12.5. The molecule has 0 aromatic heterocycles. The molecule has 6 heteroatoms. The third kappa shape index (κ3) is 51.1. The molecular weight excluding hydrogens is 803 g/mol. The smallest absolute Gasteiger partial charge is 0.305 e. The fraction of sp³-hybridized carbons (Fsp3) is 0.831. The van der Waals surface area contributed by atoms with Crippen LogP contribution >= 0.6 is 0 Å². The number of rotatable bonds is 52. The van der Waals surface area contributed by atoms with Crippen molar-refractivity contribution in [2.24, 2.45) is 0 Å². The van der Waals surface area contributed by atoms with Crippen molar-refractivity contribution >= 4 is 11.9 Å². The first kappa shape index (κ1) is 62.8. The van der Waals surface area contributed by atoms with Crippen LogP contribution in [-0.4, -0.2) is 47.4 Å². The van der Waals surface area contributed by atoms with Crippen LogP contribution in [0.15, 0.2) is 48.6 Å². The van der Waals surface area contributed by atoms with Gasteiger partial charge >= 0.3 is 5.97 Å². The van der Waals surface area contributed by atoms with E-state index in [1.165, 1.54) is 180 Å². The van der Waals surface area contributed by atoms with Gasteiger partial charge in [-0.05, 0) is 83.5 Å². The monoisotopic (exact) mass is 912 g/mol. The lowest BCUT2D eigenvalue weighted by atomic mass is 10.0. The second-order valence-electron chi connectivity index (χ2n) is 19.3. The molecule has 0 radical (unpaired) electrons. The van der Waals surface area contributed by atoms with Gasteiger partial charge in [-0.15, -0.1) is 0 Å². The maximum atomic E-state index is 12.5. The van der Waals surface area contributed by atoms with E-state index in [0.29, 0.717) is 19.4 Å². The summed E-state index contributed by atoms with van der Waals surface area (Å²) in [6.45, 7) is 4.79. The number of unbranched alkanes of at least 4 members (excludes halogenated alkanes) is 35. The molecule has 0 heterocycles. The minimum atomic E-state index is -0.878. The molecule has 65 heavy (non-hydrogen) atoms. The lowest BCUT2D eigenvalue weighted by Crippen LogP contribution is -2.45. The number of ether oxygens (including phenoxy) is 1. The Hall–Kier alpha value is -2.18. The summed E-state index contributed by atoms with van der Waals surface area (Å²) >= 11 is 0. The Bertz CT molecular complexity index is 1100. The van der Waals surface area contributed by atoms with Crippen LogP contribution < -0.4 is 5.32 Å². The van der Waals surface area contributed by atoms with Crippen molar-refractivity contribution in [2.45, 2.75) is 302 Å². The Morgan fingerprint density at radius 3 is 1.23 bits per heavy atom. The Labute approximate surface area is 404 Å². The van der Waals surface area contributed by atoms with Gasteiger partial charge in [0.1, 0.15) is 0 Å². The predicted molar refractivity (Wildman–Crippen MR) is 282 cm³/mol. The quantitative estimate of drug-likeness (QED) is 0.0321. The first-order valence-corrected chi connectivity index (χ1v) is 28.4. The van der Waals surface area contributed by atoms with Gasteiger partial charge in [-0.2, -0.15) is 0 Å². The number of aliphatic hydroxyl groups excluding tert-OH is 2. The Morgan fingerprint density at radius 1 is 0.431 bits per heavy atom. The van der Waals surface area contributed by atoms with Gasteiger partial charge < -0.3 is 20.3 Å². The van der Waals surface area contributed by atoms with Crippen LogP contribution in [0, 0.1) is 0 Å². The van der Waals surface area contributed by atoms with Gasteiger partial charge in [0.2, 0.25) is 5.91 Å². The molecule has 380 valence electrons. The van der Waals surface area contributed by atoms with Gasteiger partial charge in [0.15, 0.2) is 0 Å². The van der Waals surface area contributed by atoms with Gasteiger partial charge in [-0.25, -0.2) is 0 Å². The molecule has 0 bridgehead atoms. The molecule has 6 nitrogen and oxygen atoms in total. The fourth-order valence-electron chi connectivity index (χ4n) is 8.43. The van der Waals surface area contributed by atoms with Crippen molar-refractivity contribution in [3.8, 4) is 0 Å². The lowest BCUT2D eigenvalue weighted by Gasteiger charge is -2.19. The van der Waals surface area contributed by atoms with Gasteiger partial charge in [-0.3, -0.25) is 9.59 Å². The Kier molecular flexibility index (Phi) is 52.6. The molecule has 3 N–H and O–H groups in total. The highest BCUT2D eigenvalue weighted by atomic mass is 16.5. The summed E-state index contributed by atoms with van der Waals surface area (Å²) in [5.41, 5.74) is 0. The molecule has 0 saturated heterocycles. The fourth-order valence-corrected chi connectivity index (χ4v) is 8.43. The van der Waals surface area contributed by atoms with E-state index >= 15 is 0 Å². The van der Waals surface area contributed by atoms with Crippen LogP contribution in [0.3, 0.4) is 0 Å². The topological polar surface area (TPSA) is 95.9 Å². The number of amides is 1. The van der Waals surface area contributed by atoms with Gasteiger partial charge in [-0.1, -0.05) is 242 Å². The summed E-state index contributed by atoms with van der Waals surface area (Å²) in [6.07, 6.45) is 68.5. The summed E-state index contributed by atoms with van der Waals surface area (Å²) < 4.78 is 5.44. The molecule has 0 saturated carbocycles. The van der Waals surface area contributed by atoms with Crippen molar-refractivity contribution in [1.82, 2.24) is 5.32 Å². The summed E-state index contributed by atoms with van der Waals surface area (Å²) in [4.78, 5) is 24.5. The van der Waals surface area contributed by atoms with Crippen LogP contribution in [0.1, 0.15) is 290 Å². The van der Waals surface area contributed by atoms with E-state index in [9.17, 15) is 19.8 Å². The van der Waals surface area contributed by atoms with Crippen LogP contribution in [0.2, 0.25) is 0 Å². The number of carbonyl (C=O) groups excluding carboxylic acids is 2. The highest BCUT2D eigenvalue weighted by molar-refractivity contribution is 5.76. The summed E-state index contributed by atoms with van der Waals surface area (Å²) in [6, 6.07) is -0.669. The van der Waals surface area contributed by atoms with Crippen LogP contribution in [0.25, 0.3) is 0 Å². The molecule has 0 spiro atoms. The van der Waals surface area contributed by atoms with Crippen LogP contribution in [0.5, 0.6) is 0 Å². The highest BCUT2D eigenvalue weighted by Gasteiger charge is 2.18. The second kappa shape index (κ2) is 54.4. The van der Waals surface area contributed by atoms with E-state index in [1.807, 2.05) is 6.08 Å². The minimum absolute atomic E-state index is 0.0515. The normalized spacial score (nSPS) is 13.0. The maximum Gasteiger partial charge on any atom is 0.305 e. The minimum Gasteiger partial charge on any atom is -0.466 e. The van der Waals surface area contributed by atoms with E-state index in [4.69, 9.17) is 4.74 Å². The van der Waals surface area contributed by atoms with Crippen molar-refractivity contribution < 1.29 is 24.5 Å². The molecule has 0 aliphatic carbocycles. The predicted octanol–water partition coefficient (Wildman–Crippen LogP) is 17.4. The van der Waals surface area contributed by atoms with Crippen molar-refractivity contribution in [3.63, 3.8) is 0 Å². The largest absolute Gasteiger partial charge is 0.466 e. The van der Waals surface area contributed by atoms with E-state index in [1.54, 1.807) is 6.08 Å². The average Bonchev–Trinajstić information content (AvgIpc) is 3.31. The zero-order valence-electron chi connectivity index (χ0n) is 43.2. The first-order chi connectivity index (χ1) is 32.0. The van der Waals surface area contributed by atoms with E-state index in [-0.39, 0.29) is 18.5 Å². The molecule has 2 atom stereocenters. The molecule has 0 aliphatic rings. The number of hydrogen-bond acceptors (Lipinski definition) is 5. The standard InChI is InChI=1S/C59H109NO5/c1-3-5-7-9-11-13-15-17-19-21-22-23-24-25-26-27-28-30-32-35-39-43-47-51-57(62)56(55-61)60-58(63)52-48-44-40-36-34-38-42-46-50-54-65-59(64)53-49-45-41-37-33-31-29-20-18-16-14-12-10-8-6-4-2/h14,16,20,29,36,40,47,51,56-57,61-62H,3-13,15,17-19,21-28,30-35,37-39,41-46,48-50,52-55H2,1-2H3,(H,60,63)/b16-14-,29-20-,40-36-,51-47+. The number of nitrogens with one attached hydrogen (secondary N) is 1. The lowest BCUT2D eigenvalue weighted by molar-refractivity contribution is -0.143. The summed E-state index contributed by atoms with van der Waals surface area (Å²) in [5.74, 6) is -0.180. The van der Waals surface area contributed by atoms with Crippen LogP contribution in [0.4, 0.5) is 0 Å². The zero-order chi connectivity index (χ0) is 47.2. The molecule has 0 aromatic rings. The van der Waals surface area contributed by atoms with Gasteiger partial charge in [0.25, 0.3) is 0 Å². The van der Waals surface area contributed by atoms with Crippen molar-refractivity contribution in [2.75, 3.05) is 13.2 Å². The number of allylic oxidation sites excluding steroid dienone is 7. The zero-order valence-corrected chi connectivity index (χ0v) is 43.2. The average molecular weight is 913 g/mol. The first-order valence-electron chi connectivity index (χ1n) is 28.4. The van der Waals surface area contributed by atoms with Crippen LogP contribution in [-0.2, 0) is 14.3 Å². The molecule has 0 aliphatic heterocycles.